The molecule has 1 saturated heterocycles. The van der Waals surface area contributed by atoms with Crippen LogP contribution in [0.25, 0.3) is 0 Å². The predicted molar refractivity (Wildman–Crippen MR) is 150 cm³/mol. The Morgan fingerprint density at radius 3 is 2.51 bits per heavy atom. The van der Waals surface area contributed by atoms with Crippen molar-refractivity contribution < 1.29 is 27.1 Å². The number of alkyl halides is 3. The number of carbonyl (C=O) groups excluding carboxylic acids is 1. The van der Waals surface area contributed by atoms with Crippen LogP contribution in [-0.2, 0) is 10.9 Å². The molecule has 5 nitrogen and oxygen atoms in total. The number of halogens is 4. The van der Waals surface area contributed by atoms with Crippen LogP contribution < -0.4 is 5.73 Å². The first-order valence-electron chi connectivity index (χ1n) is 14.6. The highest BCUT2D eigenvalue weighted by Crippen LogP contribution is 2.39. The first-order valence-corrected chi connectivity index (χ1v) is 14.6. The third-order valence-electron chi connectivity index (χ3n) is 8.69. The molecule has 2 N–H and O–H groups in total. The number of nitrogens with two attached hydrogens (primary N) is 1. The molecule has 2 heterocycles. The van der Waals surface area contributed by atoms with Crippen molar-refractivity contribution in [3.63, 3.8) is 0 Å². The summed E-state index contributed by atoms with van der Waals surface area (Å²) in [6.07, 6.45) is 5.38. The second kappa shape index (κ2) is 12.2. The highest BCUT2D eigenvalue weighted by Gasteiger charge is 2.38. The molecule has 2 aliphatic heterocycles. The Hall–Kier alpha value is -3.36. The highest BCUT2D eigenvalue weighted by atomic mass is 19.4. The van der Waals surface area contributed by atoms with Gasteiger partial charge in [-0.05, 0) is 61.9 Å². The summed E-state index contributed by atoms with van der Waals surface area (Å²) >= 11 is 0. The lowest BCUT2D eigenvalue weighted by Crippen LogP contribution is -2.37. The van der Waals surface area contributed by atoms with E-state index in [-0.39, 0.29) is 29.0 Å². The second-order valence-corrected chi connectivity index (χ2v) is 11.5. The number of dihydropyridines is 1. The van der Waals surface area contributed by atoms with Gasteiger partial charge >= 0.3 is 6.18 Å². The minimum absolute atomic E-state index is 0.0599. The van der Waals surface area contributed by atoms with Gasteiger partial charge in [-0.15, -0.1) is 0 Å². The zero-order chi connectivity index (χ0) is 29.1. The third kappa shape index (κ3) is 6.60. The molecule has 3 aliphatic rings. The number of amides is 1. The molecule has 0 bridgehead atoms. The summed E-state index contributed by atoms with van der Waals surface area (Å²) in [5.74, 6) is -0.599. The van der Waals surface area contributed by atoms with E-state index in [1.54, 1.807) is 6.08 Å². The van der Waals surface area contributed by atoms with Gasteiger partial charge in [0, 0.05) is 29.6 Å². The molecule has 220 valence electrons. The van der Waals surface area contributed by atoms with E-state index >= 15 is 0 Å². The molecular formula is C32H37F4N3O2. The van der Waals surface area contributed by atoms with Crippen LogP contribution in [-0.4, -0.2) is 35.8 Å². The minimum atomic E-state index is -4.87. The zero-order valence-corrected chi connectivity index (χ0v) is 23.3. The average molecular weight is 572 g/mol. The van der Waals surface area contributed by atoms with E-state index in [4.69, 9.17) is 10.5 Å². The van der Waals surface area contributed by atoms with Crippen molar-refractivity contribution >= 4 is 11.7 Å². The fourth-order valence-corrected chi connectivity index (χ4v) is 6.52. The fraction of sp³-hybridized carbons (Fsp3) is 0.500. The van der Waals surface area contributed by atoms with Gasteiger partial charge in [0.1, 0.15) is 11.9 Å². The molecule has 41 heavy (non-hydrogen) atoms. The summed E-state index contributed by atoms with van der Waals surface area (Å²) in [5, 5.41) is 0. The van der Waals surface area contributed by atoms with Gasteiger partial charge in [0.25, 0.3) is 5.91 Å². The SMILES string of the molecule is CC(OC1=CC(c2ccc(C(=O)N3CCC[C@@H]3CC3CCCCC3)cc2)CN=C1N)c1cccc(F)c1C(F)(F)F. The number of hydrogen-bond donors (Lipinski definition) is 1. The number of ether oxygens (including phenoxy) is 1. The van der Waals surface area contributed by atoms with Crippen molar-refractivity contribution in [2.75, 3.05) is 13.1 Å². The van der Waals surface area contributed by atoms with Crippen molar-refractivity contribution in [2.24, 2.45) is 16.6 Å². The van der Waals surface area contributed by atoms with E-state index in [9.17, 15) is 22.4 Å². The zero-order valence-electron chi connectivity index (χ0n) is 23.3. The van der Waals surface area contributed by atoms with Crippen molar-refractivity contribution in [3.05, 3.63) is 82.4 Å². The molecular weight excluding hydrogens is 534 g/mol. The summed E-state index contributed by atoms with van der Waals surface area (Å²) in [7, 11) is 0. The number of benzene rings is 2. The molecule has 3 atom stereocenters. The van der Waals surface area contributed by atoms with Crippen LogP contribution in [0.15, 0.2) is 59.3 Å². The van der Waals surface area contributed by atoms with E-state index in [2.05, 4.69) is 4.99 Å². The Balaban J connectivity index is 1.27. The van der Waals surface area contributed by atoms with Gasteiger partial charge in [-0.1, -0.05) is 56.4 Å². The van der Waals surface area contributed by atoms with Crippen molar-refractivity contribution in [3.8, 4) is 0 Å². The normalized spacial score (nSPS) is 22.7. The first-order chi connectivity index (χ1) is 19.6. The van der Waals surface area contributed by atoms with Crippen LogP contribution in [0.5, 0.6) is 0 Å². The molecule has 0 spiro atoms. The molecule has 1 aliphatic carbocycles. The van der Waals surface area contributed by atoms with Crippen molar-refractivity contribution in [2.45, 2.75) is 82.5 Å². The number of likely N-dealkylation sites (tertiary alicyclic amines) is 1. The molecule has 2 fully saturated rings. The number of rotatable bonds is 7. The molecule has 2 aromatic rings. The van der Waals surface area contributed by atoms with Crippen molar-refractivity contribution in [1.29, 1.82) is 0 Å². The van der Waals surface area contributed by atoms with Crippen LogP contribution >= 0.6 is 0 Å². The Morgan fingerprint density at radius 2 is 1.80 bits per heavy atom. The third-order valence-corrected chi connectivity index (χ3v) is 8.69. The van der Waals surface area contributed by atoms with E-state index in [0.717, 1.165) is 43.4 Å². The monoisotopic (exact) mass is 571 g/mol. The highest BCUT2D eigenvalue weighted by molar-refractivity contribution is 5.96. The van der Waals surface area contributed by atoms with E-state index in [1.807, 2.05) is 29.2 Å². The van der Waals surface area contributed by atoms with Crippen LogP contribution in [0.1, 0.15) is 97.4 Å². The lowest BCUT2D eigenvalue weighted by Gasteiger charge is -2.30. The Kier molecular flexibility index (Phi) is 8.71. The quantitative estimate of drug-likeness (QED) is 0.349. The predicted octanol–water partition coefficient (Wildman–Crippen LogP) is 7.54. The maximum Gasteiger partial charge on any atom is 0.419 e. The number of hydrogen-bond acceptors (Lipinski definition) is 4. The Morgan fingerprint density at radius 1 is 1.07 bits per heavy atom. The number of amidine groups is 1. The standard InChI is InChI=1S/C32H37F4N3O2/c1-20(26-10-5-11-27(33)29(26)32(34,35)36)41-28-18-24(19-38-30(28)37)22-12-14-23(15-13-22)31(40)39-16-6-9-25(39)17-21-7-3-2-4-8-21/h5,10-15,18,20-21,24-25H,2-4,6-9,16-17,19H2,1H3,(H2,37,38)/t20?,24?,25-/m1/s1. The van der Waals surface area contributed by atoms with Gasteiger partial charge in [-0.3, -0.25) is 9.79 Å². The second-order valence-electron chi connectivity index (χ2n) is 11.5. The molecule has 2 unspecified atom stereocenters. The summed E-state index contributed by atoms with van der Waals surface area (Å²) in [4.78, 5) is 19.8. The van der Waals surface area contributed by atoms with E-state index in [1.165, 1.54) is 51.2 Å². The lowest BCUT2D eigenvalue weighted by atomic mass is 9.84. The van der Waals surface area contributed by atoms with Crippen LogP contribution in [0.4, 0.5) is 17.6 Å². The number of carbonyl (C=O) groups is 1. The minimum Gasteiger partial charge on any atom is -0.482 e. The van der Waals surface area contributed by atoms with Gasteiger partial charge in [0.05, 0.1) is 12.1 Å². The molecule has 0 radical (unpaired) electrons. The molecule has 1 saturated carbocycles. The maximum absolute atomic E-state index is 14.1. The van der Waals surface area contributed by atoms with Crippen LogP contribution in [0.3, 0.4) is 0 Å². The van der Waals surface area contributed by atoms with Crippen LogP contribution in [0, 0.1) is 11.7 Å². The molecule has 1 amide bonds. The molecule has 9 heteroatoms. The average Bonchev–Trinajstić information content (AvgIpc) is 3.41. The number of nitrogens with zero attached hydrogens (tertiary/aromatic N) is 2. The van der Waals surface area contributed by atoms with E-state index in [0.29, 0.717) is 18.2 Å². The summed E-state index contributed by atoms with van der Waals surface area (Å²) in [6, 6.07) is 10.9. The lowest BCUT2D eigenvalue weighted by molar-refractivity contribution is -0.141. The topological polar surface area (TPSA) is 67.9 Å². The first kappa shape index (κ1) is 29.1. The summed E-state index contributed by atoms with van der Waals surface area (Å²) < 4.78 is 60.5. The fourth-order valence-electron chi connectivity index (χ4n) is 6.52. The van der Waals surface area contributed by atoms with Gasteiger partial charge in [-0.2, -0.15) is 13.2 Å². The van der Waals surface area contributed by atoms with Gasteiger partial charge in [0.15, 0.2) is 11.6 Å². The van der Waals surface area contributed by atoms with E-state index < -0.39 is 23.7 Å². The summed E-state index contributed by atoms with van der Waals surface area (Å²) in [6.45, 7) is 2.54. The maximum atomic E-state index is 14.1. The molecule has 0 aromatic heterocycles. The molecule has 2 aromatic carbocycles. The van der Waals surface area contributed by atoms with Gasteiger partial charge < -0.3 is 15.4 Å². The Bertz CT molecular complexity index is 1300. The van der Waals surface area contributed by atoms with Gasteiger partial charge in [-0.25, -0.2) is 4.39 Å². The Labute approximate surface area is 238 Å². The largest absolute Gasteiger partial charge is 0.482 e. The van der Waals surface area contributed by atoms with Gasteiger partial charge in [0.2, 0.25) is 0 Å². The van der Waals surface area contributed by atoms with Crippen molar-refractivity contribution in [1.82, 2.24) is 4.90 Å². The molecule has 5 rings (SSSR count). The van der Waals surface area contributed by atoms with Crippen LogP contribution in [0.2, 0.25) is 0 Å². The summed E-state index contributed by atoms with van der Waals surface area (Å²) in [5.41, 5.74) is 5.88. The smallest absolute Gasteiger partial charge is 0.419 e. The number of aliphatic imine (C=N–C) groups is 1.